The highest BCUT2D eigenvalue weighted by Crippen LogP contribution is 2.25. The zero-order chi connectivity index (χ0) is 20.8. The summed E-state index contributed by atoms with van der Waals surface area (Å²) >= 11 is 1.25. The Bertz CT molecular complexity index is 987. The van der Waals surface area contributed by atoms with Crippen LogP contribution in [-0.2, 0) is 17.6 Å². The number of carboxylic acids is 1. The number of carbonyl (C=O) groups is 1. The average molecular weight is 413 g/mol. The van der Waals surface area contributed by atoms with Crippen molar-refractivity contribution >= 4 is 23.4 Å². The lowest BCUT2D eigenvalue weighted by Crippen LogP contribution is -2.07. The van der Waals surface area contributed by atoms with Gasteiger partial charge in [0.2, 0.25) is 5.89 Å². The third-order valence-corrected chi connectivity index (χ3v) is 5.10. The van der Waals surface area contributed by atoms with Crippen LogP contribution >= 0.6 is 11.8 Å². The SMILES string of the molecule is Cc1oc(-c2ccc(N(C)C)cc2)nc1Cc1ccc(C/C=C/SCC(=O)O)o1. The predicted octanol–water partition coefficient (Wildman–Crippen LogP) is 4.77. The molecule has 3 rings (SSSR count). The maximum Gasteiger partial charge on any atom is 0.313 e. The fourth-order valence-electron chi connectivity index (χ4n) is 2.76. The van der Waals surface area contributed by atoms with Crippen molar-refractivity contribution in [3.63, 3.8) is 0 Å². The van der Waals surface area contributed by atoms with E-state index in [1.54, 1.807) is 5.41 Å². The molecule has 0 spiro atoms. The molecule has 0 aliphatic rings. The third kappa shape index (κ3) is 5.77. The number of aromatic nitrogens is 1. The molecule has 7 heteroatoms. The predicted molar refractivity (Wildman–Crippen MR) is 115 cm³/mol. The number of anilines is 1. The van der Waals surface area contributed by atoms with Gasteiger partial charge in [-0.1, -0.05) is 6.08 Å². The number of furan rings is 1. The molecule has 0 atom stereocenters. The molecule has 0 fully saturated rings. The van der Waals surface area contributed by atoms with Crippen LogP contribution in [0.1, 0.15) is 23.0 Å². The molecule has 0 aliphatic carbocycles. The summed E-state index contributed by atoms with van der Waals surface area (Å²) < 4.78 is 11.7. The minimum atomic E-state index is -0.823. The summed E-state index contributed by atoms with van der Waals surface area (Å²) in [5, 5.41) is 10.4. The van der Waals surface area contributed by atoms with Crippen molar-refractivity contribution in [3.05, 3.63) is 70.9 Å². The lowest BCUT2D eigenvalue weighted by Gasteiger charge is -2.11. The molecule has 6 nitrogen and oxygen atoms in total. The van der Waals surface area contributed by atoms with Crippen LogP contribution in [0.3, 0.4) is 0 Å². The molecule has 1 aromatic carbocycles. The summed E-state index contributed by atoms with van der Waals surface area (Å²) in [6.45, 7) is 1.91. The summed E-state index contributed by atoms with van der Waals surface area (Å²) in [5.41, 5.74) is 2.91. The molecule has 1 N–H and O–H groups in total. The molecule has 0 amide bonds. The number of nitrogens with zero attached hydrogens (tertiary/aromatic N) is 2. The summed E-state index contributed by atoms with van der Waals surface area (Å²) in [4.78, 5) is 17.2. The normalized spacial score (nSPS) is 11.3. The van der Waals surface area contributed by atoms with E-state index in [-0.39, 0.29) is 5.75 Å². The number of thioether (sulfide) groups is 1. The van der Waals surface area contributed by atoms with Gasteiger partial charge in [-0.05, 0) is 48.7 Å². The highest BCUT2D eigenvalue weighted by Gasteiger charge is 2.14. The zero-order valence-corrected chi connectivity index (χ0v) is 17.5. The van der Waals surface area contributed by atoms with Gasteiger partial charge in [0.05, 0.1) is 17.9 Å². The Morgan fingerprint density at radius 2 is 1.86 bits per heavy atom. The van der Waals surface area contributed by atoms with E-state index in [4.69, 9.17) is 13.9 Å². The quantitative estimate of drug-likeness (QED) is 0.542. The van der Waals surface area contributed by atoms with Crippen LogP contribution in [0.2, 0.25) is 0 Å². The Kier molecular flexibility index (Phi) is 6.82. The standard InChI is InChI=1S/C22H24N2O4S/c1-15-20(23-22(27-15)16-6-8-17(9-7-16)24(2)3)13-19-11-10-18(28-19)5-4-12-29-14-21(25)26/h4,6-12H,5,13-14H2,1-3H3,(H,25,26)/b12-4+. The van der Waals surface area contributed by atoms with Gasteiger partial charge in [-0.25, -0.2) is 4.98 Å². The van der Waals surface area contributed by atoms with Crippen LogP contribution in [0.4, 0.5) is 5.69 Å². The number of aliphatic carboxylic acids is 1. The molecule has 0 aliphatic heterocycles. The Morgan fingerprint density at radius 1 is 1.14 bits per heavy atom. The number of oxazole rings is 1. The fraction of sp³-hybridized carbons (Fsp3) is 0.273. The molecular weight excluding hydrogens is 388 g/mol. The molecule has 0 unspecified atom stereocenters. The summed E-state index contributed by atoms with van der Waals surface area (Å²) in [7, 11) is 4.01. The molecular formula is C22H24N2O4S. The van der Waals surface area contributed by atoms with E-state index in [1.165, 1.54) is 11.8 Å². The topological polar surface area (TPSA) is 79.7 Å². The van der Waals surface area contributed by atoms with E-state index in [0.29, 0.717) is 18.7 Å². The van der Waals surface area contributed by atoms with Gasteiger partial charge in [-0.15, -0.1) is 11.8 Å². The van der Waals surface area contributed by atoms with E-state index in [0.717, 1.165) is 34.2 Å². The second kappa shape index (κ2) is 9.52. The average Bonchev–Trinajstić information content (AvgIpc) is 3.28. The molecule has 0 saturated carbocycles. The van der Waals surface area contributed by atoms with Crippen LogP contribution in [-0.4, -0.2) is 35.9 Å². The van der Waals surface area contributed by atoms with E-state index < -0.39 is 5.97 Å². The monoisotopic (exact) mass is 412 g/mol. The minimum absolute atomic E-state index is 0.0611. The molecule has 2 heterocycles. The largest absolute Gasteiger partial charge is 0.481 e. The number of hydrogen-bond acceptors (Lipinski definition) is 6. The summed E-state index contributed by atoms with van der Waals surface area (Å²) in [5.74, 6) is 2.26. The first-order valence-electron chi connectivity index (χ1n) is 9.22. The minimum Gasteiger partial charge on any atom is -0.481 e. The zero-order valence-electron chi connectivity index (χ0n) is 16.7. The summed E-state index contributed by atoms with van der Waals surface area (Å²) in [6.07, 6.45) is 3.07. The van der Waals surface area contributed by atoms with Crippen LogP contribution < -0.4 is 4.90 Å². The lowest BCUT2D eigenvalue weighted by atomic mass is 10.2. The second-order valence-electron chi connectivity index (χ2n) is 6.79. The van der Waals surface area contributed by atoms with Gasteiger partial charge in [0.15, 0.2) is 0 Å². The van der Waals surface area contributed by atoms with Crippen molar-refractivity contribution in [2.45, 2.75) is 19.8 Å². The molecule has 3 aromatic rings. The maximum atomic E-state index is 10.5. The van der Waals surface area contributed by atoms with Crippen LogP contribution in [0.5, 0.6) is 0 Å². The molecule has 152 valence electrons. The smallest absolute Gasteiger partial charge is 0.313 e. The first-order valence-corrected chi connectivity index (χ1v) is 10.3. The number of carboxylic acid groups (broad SMARTS) is 1. The van der Waals surface area contributed by atoms with Gasteiger partial charge in [-0.3, -0.25) is 4.79 Å². The molecule has 29 heavy (non-hydrogen) atoms. The van der Waals surface area contributed by atoms with Gasteiger partial charge in [0.25, 0.3) is 0 Å². The van der Waals surface area contributed by atoms with Gasteiger partial charge < -0.3 is 18.8 Å². The second-order valence-corrected chi connectivity index (χ2v) is 7.68. The Labute approximate surface area is 174 Å². The number of hydrogen-bond donors (Lipinski definition) is 1. The van der Waals surface area contributed by atoms with Crippen LogP contribution in [0.15, 0.2) is 56.7 Å². The Balaban J connectivity index is 1.62. The van der Waals surface area contributed by atoms with Crippen molar-refractivity contribution < 1.29 is 18.7 Å². The first-order chi connectivity index (χ1) is 13.9. The van der Waals surface area contributed by atoms with E-state index in [1.807, 2.05) is 68.4 Å². The van der Waals surface area contributed by atoms with E-state index in [2.05, 4.69) is 4.98 Å². The van der Waals surface area contributed by atoms with Gasteiger partial charge in [0.1, 0.15) is 17.3 Å². The molecule has 2 aromatic heterocycles. The van der Waals surface area contributed by atoms with Crippen LogP contribution in [0, 0.1) is 6.92 Å². The van der Waals surface area contributed by atoms with Crippen molar-refractivity contribution in [1.29, 1.82) is 0 Å². The molecule has 0 radical (unpaired) electrons. The Morgan fingerprint density at radius 3 is 2.55 bits per heavy atom. The number of benzene rings is 1. The number of rotatable bonds is 9. The number of aryl methyl sites for hydroxylation is 1. The Hall–Kier alpha value is -2.93. The van der Waals surface area contributed by atoms with Crippen molar-refractivity contribution in [3.8, 4) is 11.5 Å². The van der Waals surface area contributed by atoms with E-state index in [9.17, 15) is 4.79 Å². The number of allylic oxidation sites excluding steroid dienone is 1. The van der Waals surface area contributed by atoms with E-state index >= 15 is 0 Å². The van der Waals surface area contributed by atoms with Gasteiger partial charge in [-0.2, -0.15) is 0 Å². The highest BCUT2D eigenvalue weighted by atomic mass is 32.2. The van der Waals surface area contributed by atoms with Crippen LogP contribution in [0.25, 0.3) is 11.5 Å². The van der Waals surface area contributed by atoms with Gasteiger partial charge >= 0.3 is 5.97 Å². The van der Waals surface area contributed by atoms with Gasteiger partial charge in [0, 0.05) is 31.8 Å². The third-order valence-electron chi connectivity index (χ3n) is 4.30. The van der Waals surface area contributed by atoms with Crippen molar-refractivity contribution in [1.82, 2.24) is 4.98 Å². The van der Waals surface area contributed by atoms with Crippen molar-refractivity contribution in [2.24, 2.45) is 0 Å². The molecule has 0 saturated heterocycles. The fourth-order valence-corrected chi connectivity index (χ4v) is 3.23. The van der Waals surface area contributed by atoms with Crippen molar-refractivity contribution in [2.75, 3.05) is 24.7 Å². The molecule has 0 bridgehead atoms. The maximum absolute atomic E-state index is 10.5. The lowest BCUT2D eigenvalue weighted by molar-refractivity contribution is -0.133. The summed E-state index contributed by atoms with van der Waals surface area (Å²) in [6, 6.07) is 11.9. The highest BCUT2D eigenvalue weighted by molar-refractivity contribution is 8.02. The first kappa shape index (κ1) is 20.8.